The molecule has 0 radical (unpaired) electrons. The first-order valence-corrected chi connectivity index (χ1v) is 6.15. The van der Waals surface area contributed by atoms with Crippen LogP contribution in [0.5, 0.6) is 0 Å². The molecular weight excluding hydrogens is 200 g/mol. The molecule has 0 unspecified atom stereocenters. The zero-order valence-electron chi connectivity index (χ0n) is 10.5. The van der Waals surface area contributed by atoms with Crippen LogP contribution < -0.4 is 0 Å². The largest absolute Gasteiger partial charge is 0.481 e. The van der Waals surface area contributed by atoms with Crippen molar-refractivity contribution < 1.29 is 9.90 Å². The third-order valence-electron chi connectivity index (χ3n) is 3.99. The molecule has 16 heavy (non-hydrogen) atoms. The molecule has 1 aliphatic carbocycles. The fraction of sp³-hybridized carbons (Fsp3) is 0.786. The molecule has 0 aliphatic heterocycles. The molecule has 2 heteroatoms. The summed E-state index contributed by atoms with van der Waals surface area (Å²) in [6, 6.07) is 0. The molecule has 90 valence electrons. The van der Waals surface area contributed by atoms with E-state index in [4.69, 9.17) is 0 Å². The first-order chi connectivity index (χ1) is 7.52. The van der Waals surface area contributed by atoms with Crippen LogP contribution in [0.15, 0.2) is 0 Å². The van der Waals surface area contributed by atoms with Crippen molar-refractivity contribution in [3.05, 3.63) is 0 Å². The van der Waals surface area contributed by atoms with Crippen LogP contribution in [0.3, 0.4) is 0 Å². The molecule has 0 heterocycles. The second-order valence-electron chi connectivity index (χ2n) is 5.27. The minimum atomic E-state index is -0.655. The van der Waals surface area contributed by atoms with Gasteiger partial charge in [-0.1, -0.05) is 13.8 Å². The van der Waals surface area contributed by atoms with Gasteiger partial charge in [0.05, 0.1) is 5.41 Å². The molecule has 0 atom stereocenters. The lowest BCUT2D eigenvalue weighted by molar-refractivity contribution is -0.151. The van der Waals surface area contributed by atoms with Crippen LogP contribution in [0.4, 0.5) is 0 Å². The van der Waals surface area contributed by atoms with Gasteiger partial charge in [0, 0.05) is 6.42 Å². The summed E-state index contributed by atoms with van der Waals surface area (Å²) in [4.78, 5) is 11.4. The van der Waals surface area contributed by atoms with Crippen molar-refractivity contribution in [2.75, 3.05) is 0 Å². The lowest BCUT2D eigenvalue weighted by Gasteiger charge is -2.37. The van der Waals surface area contributed by atoms with Gasteiger partial charge in [0.25, 0.3) is 0 Å². The summed E-state index contributed by atoms with van der Waals surface area (Å²) in [5, 5.41) is 9.37. The van der Waals surface area contributed by atoms with Gasteiger partial charge in [0.15, 0.2) is 0 Å². The fourth-order valence-electron chi connectivity index (χ4n) is 2.58. The Balaban J connectivity index is 2.68. The van der Waals surface area contributed by atoms with Gasteiger partial charge < -0.3 is 5.11 Å². The Kier molecular flexibility index (Phi) is 4.41. The van der Waals surface area contributed by atoms with E-state index in [1.807, 2.05) is 0 Å². The smallest absolute Gasteiger partial charge is 0.310 e. The summed E-state index contributed by atoms with van der Waals surface area (Å²) in [5.74, 6) is 6.48. The summed E-state index contributed by atoms with van der Waals surface area (Å²) in [6.45, 7) is 6.23. The maximum absolute atomic E-state index is 11.4. The average Bonchev–Trinajstić information content (AvgIpc) is 2.26. The Hall–Kier alpha value is -0.970. The molecule has 0 aromatic carbocycles. The summed E-state index contributed by atoms with van der Waals surface area (Å²) < 4.78 is 0. The Morgan fingerprint density at radius 2 is 2.00 bits per heavy atom. The van der Waals surface area contributed by atoms with Gasteiger partial charge >= 0.3 is 5.97 Å². The minimum absolute atomic E-state index is 0.518. The summed E-state index contributed by atoms with van der Waals surface area (Å²) in [7, 11) is 0. The summed E-state index contributed by atoms with van der Waals surface area (Å²) in [6.07, 6.45) is 4.17. The van der Waals surface area contributed by atoms with Crippen LogP contribution in [0.1, 0.15) is 52.9 Å². The van der Waals surface area contributed by atoms with Crippen molar-refractivity contribution in [2.24, 2.45) is 17.3 Å². The van der Waals surface area contributed by atoms with E-state index in [1.54, 1.807) is 6.92 Å². The molecule has 0 amide bonds. The van der Waals surface area contributed by atoms with E-state index >= 15 is 0 Å². The average molecular weight is 222 g/mol. The highest BCUT2D eigenvalue weighted by atomic mass is 16.4. The van der Waals surface area contributed by atoms with E-state index < -0.39 is 11.4 Å². The first kappa shape index (κ1) is 13.1. The molecule has 1 fully saturated rings. The summed E-state index contributed by atoms with van der Waals surface area (Å²) in [5.41, 5.74) is -0.561. The van der Waals surface area contributed by atoms with Crippen molar-refractivity contribution in [1.82, 2.24) is 0 Å². The van der Waals surface area contributed by atoms with Crippen LogP contribution in [0.25, 0.3) is 0 Å². The van der Waals surface area contributed by atoms with E-state index in [0.717, 1.165) is 25.7 Å². The van der Waals surface area contributed by atoms with Gasteiger partial charge in [0.2, 0.25) is 0 Å². The van der Waals surface area contributed by atoms with Crippen molar-refractivity contribution in [3.63, 3.8) is 0 Å². The number of hydrogen-bond acceptors (Lipinski definition) is 1. The van der Waals surface area contributed by atoms with Crippen LogP contribution in [0.2, 0.25) is 0 Å². The Bertz CT molecular complexity index is 298. The normalized spacial score (nSPS) is 29.6. The number of aliphatic carboxylic acids is 1. The number of carboxylic acid groups (broad SMARTS) is 1. The van der Waals surface area contributed by atoms with Crippen LogP contribution in [-0.4, -0.2) is 11.1 Å². The van der Waals surface area contributed by atoms with Crippen LogP contribution in [-0.2, 0) is 4.79 Å². The van der Waals surface area contributed by atoms with Gasteiger partial charge in [-0.25, -0.2) is 0 Å². The highest BCUT2D eigenvalue weighted by molar-refractivity contribution is 5.75. The molecule has 1 aliphatic rings. The molecular formula is C14H22O2. The molecule has 0 aromatic heterocycles. The highest BCUT2D eigenvalue weighted by Crippen LogP contribution is 2.43. The Morgan fingerprint density at radius 1 is 1.44 bits per heavy atom. The van der Waals surface area contributed by atoms with Gasteiger partial charge in [-0.2, -0.15) is 0 Å². The van der Waals surface area contributed by atoms with Gasteiger partial charge in [-0.05, 0) is 44.4 Å². The van der Waals surface area contributed by atoms with Crippen molar-refractivity contribution in [3.8, 4) is 11.8 Å². The monoisotopic (exact) mass is 222 g/mol. The molecule has 1 saturated carbocycles. The minimum Gasteiger partial charge on any atom is -0.481 e. The van der Waals surface area contributed by atoms with Crippen LogP contribution in [0, 0.1) is 29.1 Å². The second-order valence-corrected chi connectivity index (χ2v) is 5.27. The van der Waals surface area contributed by atoms with Crippen molar-refractivity contribution in [2.45, 2.75) is 52.9 Å². The van der Waals surface area contributed by atoms with Crippen molar-refractivity contribution >= 4 is 5.97 Å². The molecule has 0 aromatic rings. The number of hydrogen-bond donors (Lipinski definition) is 1. The third-order valence-corrected chi connectivity index (χ3v) is 3.99. The topological polar surface area (TPSA) is 37.3 Å². The number of rotatable bonds is 3. The number of carbonyl (C=O) groups is 1. The third kappa shape index (κ3) is 2.78. The number of carboxylic acids is 1. The molecule has 1 rings (SSSR count). The zero-order valence-corrected chi connectivity index (χ0v) is 10.5. The first-order valence-electron chi connectivity index (χ1n) is 6.15. The maximum Gasteiger partial charge on any atom is 0.310 e. The van der Waals surface area contributed by atoms with Crippen molar-refractivity contribution in [1.29, 1.82) is 0 Å². The van der Waals surface area contributed by atoms with E-state index in [-0.39, 0.29) is 0 Å². The van der Waals surface area contributed by atoms with Gasteiger partial charge in [-0.15, -0.1) is 11.8 Å². The highest BCUT2D eigenvalue weighted by Gasteiger charge is 2.41. The zero-order chi connectivity index (χ0) is 12.2. The van der Waals surface area contributed by atoms with Crippen LogP contribution >= 0.6 is 0 Å². The van der Waals surface area contributed by atoms with Gasteiger partial charge in [0.1, 0.15) is 0 Å². The lowest BCUT2D eigenvalue weighted by atomic mass is 9.66. The standard InChI is InChI=1S/C14H22O2/c1-4-5-8-14(13(15)16)9-6-12(7-10-14)11(2)3/h11-12H,6-10H2,1-3H3,(H,15,16). The second kappa shape index (κ2) is 5.39. The predicted molar refractivity (Wildman–Crippen MR) is 64.9 cm³/mol. The van der Waals surface area contributed by atoms with E-state index in [0.29, 0.717) is 18.3 Å². The van der Waals surface area contributed by atoms with E-state index in [9.17, 15) is 9.90 Å². The molecule has 0 saturated heterocycles. The Labute approximate surface area is 98.4 Å². The molecule has 1 N–H and O–H groups in total. The van der Waals surface area contributed by atoms with E-state index in [2.05, 4.69) is 25.7 Å². The SMILES string of the molecule is CC#CCC1(C(=O)O)CCC(C(C)C)CC1. The summed E-state index contributed by atoms with van der Waals surface area (Å²) >= 11 is 0. The maximum atomic E-state index is 11.4. The molecule has 0 spiro atoms. The molecule has 2 nitrogen and oxygen atoms in total. The Morgan fingerprint density at radius 3 is 2.38 bits per heavy atom. The fourth-order valence-corrected chi connectivity index (χ4v) is 2.58. The predicted octanol–water partition coefficient (Wildman–Crippen LogP) is 3.32. The quantitative estimate of drug-likeness (QED) is 0.744. The van der Waals surface area contributed by atoms with Gasteiger partial charge in [-0.3, -0.25) is 4.79 Å². The van der Waals surface area contributed by atoms with E-state index in [1.165, 1.54) is 0 Å². The lowest BCUT2D eigenvalue weighted by Crippen LogP contribution is -2.36. The molecule has 0 bridgehead atoms.